The van der Waals surface area contributed by atoms with Gasteiger partial charge in [-0.2, -0.15) is 0 Å². The molecule has 1 aliphatic rings. The van der Waals surface area contributed by atoms with Crippen molar-refractivity contribution in [3.8, 4) is 0 Å². The maximum Gasteiger partial charge on any atom is 0.267 e. The molecule has 1 aromatic carbocycles. The van der Waals surface area contributed by atoms with Gasteiger partial charge in [-0.05, 0) is 36.9 Å². The van der Waals surface area contributed by atoms with E-state index in [4.69, 9.17) is 0 Å². The lowest BCUT2D eigenvalue weighted by Gasteiger charge is -2.24. The van der Waals surface area contributed by atoms with Crippen molar-refractivity contribution in [1.29, 1.82) is 0 Å². The second-order valence-electron chi connectivity index (χ2n) is 5.54. The largest absolute Gasteiger partial charge is 0.337 e. The number of hydrogen-bond donors (Lipinski definition) is 0. The van der Waals surface area contributed by atoms with E-state index in [0.29, 0.717) is 10.8 Å². The van der Waals surface area contributed by atoms with Crippen LogP contribution in [0.1, 0.15) is 46.1 Å². The summed E-state index contributed by atoms with van der Waals surface area (Å²) in [7, 11) is 0. The lowest BCUT2D eigenvalue weighted by atomic mass is 9.94. The first kappa shape index (κ1) is 14.2. The lowest BCUT2D eigenvalue weighted by Crippen LogP contribution is -2.34. The van der Waals surface area contributed by atoms with Crippen LogP contribution in [0, 0.1) is 6.92 Å². The van der Waals surface area contributed by atoms with Crippen LogP contribution in [0.25, 0.3) is 0 Å². The van der Waals surface area contributed by atoms with Crippen LogP contribution in [0.5, 0.6) is 0 Å². The molecule has 1 aliphatic heterocycles. The lowest BCUT2D eigenvalue weighted by molar-refractivity contribution is 0.0758. The van der Waals surface area contributed by atoms with Crippen LogP contribution in [0.3, 0.4) is 0 Å². The van der Waals surface area contributed by atoms with E-state index < -0.39 is 0 Å². The highest BCUT2D eigenvalue weighted by Crippen LogP contribution is 2.27. The number of aryl methyl sites for hydroxylation is 1. The van der Waals surface area contributed by atoms with Crippen molar-refractivity contribution in [2.45, 2.75) is 32.1 Å². The summed E-state index contributed by atoms with van der Waals surface area (Å²) in [5.74, 6) is 0.518. The number of nitrogens with zero attached hydrogens (tertiary/aromatic N) is 3. The van der Waals surface area contributed by atoms with Gasteiger partial charge < -0.3 is 4.90 Å². The van der Waals surface area contributed by atoms with E-state index in [1.807, 2.05) is 17.9 Å². The molecule has 2 heterocycles. The van der Waals surface area contributed by atoms with Crippen LogP contribution in [-0.2, 0) is 0 Å². The molecule has 21 heavy (non-hydrogen) atoms. The van der Waals surface area contributed by atoms with Crippen molar-refractivity contribution in [3.63, 3.8) is 0 Å². The third kappa shape index (κ3) is 3.13. The van der Waals surface area contributed by atoms with E-state index >= 15 is 0 Å². The molecule has 1 unspecified atom stereocenters. The molecule has 4 nitrogen and oxygen atoms in total. The van der Waals surface area contributed by atoms with Crippen molar-refractivity contribution >= 4 is 17.4 Å². The first-order valence-electron chi connectivity index (χ1n) is 7.39. The molecule has 1 aromatic heterocycles. The third-order valence-electron chi connectivity index (χ3n) is 4.08. The zero-order valence-corrected chi connectivity index (χ0v) is 13.0. The Morgan fingerprint density at radius 1 is 1.29 bits per heavy atom. The average Bonchev–Trinajstić information content (AvgIpc) is 2.80. The number of carbonyl (C=O) groups is 1. The standard InChI is InChI=1S/C16H19N3OS/c1-12-15(21-18-17-12)16(20)19-10-6-5-9-14(11-19)13-7-3-2-4-8-13/h2-4,7-8,14H,5-6,9-11H2,1H3. The van der Waals surface area contributed by atoms with Crippen LogP contribution in [0.4, 0.5) is 0 Å². The monoisotopic (exact) mass is 301 g/mol. The number of aromatic nitrogens is 2. The summed E-state index contributed by atoms with van der Waals surface area (Å²) in [4.78, 5) is 15.3. The maximum absolute atomic E-state index is 12.7. The summed E-state index contributed by atoms with van der Waals surface area (Å²) in [5.41, 5.74) is 2.07. The topological polar surface area (TPSA) is 46.1 Å². The van der Waals surface area contributed by atoms with Gasteiger partial charge in [0.15, 0.2) is 0 Å². The Balaban J connectivity index is 1.79. The number of benzene rings is 1. The highest BCUT2D eigenvalue weighted by Gasteiger charge is 2.26. The molecular formula is C16H19N3OS. The molecule has 2 aromatic rings. The average molecular weight is 301 g/mol. The van der Waals surface area contributed by atoms with Gasteiger partial charge in [0.05, 0.1) is 5.69 Å². The molecule has 1 amide bonds. The zero-order chi connectivity index (χ0) is 14.7. The van der Waals surface area contributed by atoms with Crippen molar-refractivity contribution in [2.75, 3.05) is 13.1 Å². The van der Waals surface area contributed by atoms with E-state index in [-0.39, 0.29) is 5.91 Å². The molecule has 1 saturated heterocycles. The van der Waals surface area contributed by atoms with E-state index in [9.17, 15) is 4.79 Å². The Labute approximate surface area is 129 Å². The van der Waals surface area contributed by atoms with Crippen LogP contribution in [0.15, 0.2) is 30.3 Å². The van der Waals surface area contributed by atoms with Gasteiger partial charge in [-0.25, -0.2) is 0 Å². The zero-order valence-electron chi connectivity index (χ0n) is 12.2. The van der Waals surface area contributed by atoms with E-state index in [1.165, 1.54) is 23.5 Å². The highest BCUT2D eigenvalue weighted by atomic mass is 32.1. The summed E-state index contributed by atoms with van der Waals surface area (Å²) in [5, 5.41) is 3.95. The Morgan fingerprint density at radius 2 is 2.10 bits per heavy atom. The molecule has 1 fully saturated rings. The summed E-state index contributed by atoms with van der Waals surface area (Å²) < 4.78 is 3.88. The van der Waals surface area contributed by atoms with Crippen molar-refractivity contribution < 1.29 is 4.79 Å². The van der Waals surface area contributed by atoms with Crippen LogP contribution in [-0.4, -0.2) is 33.5 Å². The number of hydrogen-bond acceptors (Lipinski definition) is 4. The molecule has 5 heteroatoms. The molecule has 0 radical (unpaired) electrons. The Morgan fingerprint density at radius 3 is 2.81 bits per heavy atom. The minimum atomic E-state index is 0.0883. The predicted octanol–water partition coefficient (Wildman–Crippen LogP) is 3.26. The van der Waals surface area contributed by atoms with Gasteiger partial charge in [0, 0.05) is 19.0 Å². The van der Waals surface area contributed by atoms with Crippen molar-refractivity contribution in [1.82, 2.24) is 14.5 Å². The first-order chi connectivity index (χ1) is 10.3. The molecule has 0 aliphatic carbocycles. The molecule has 110 valence electrons. The molecule has 1 atom stereocenters. The van der Waals surface area contributed by atoms with Gasteiger partial charge in [0.1, 0.15) is 4.88 Å². The van der Waals surface area contributed by atoms with E-state index in [1.54, 1.807) is 0 Å². The smallest absolute Gasteiger partial charge is 0.267 e. The Bertz CT molecular complexity index is 611. The fourth-order valence-corrected chi connectivity index (χ4v) is 3.52. The van der Waals surface area contributed by atoms with Crippen LogP contribution in [0.2, 0.25) is 0 Å². The van der Waals surface area contributed by atoms with Gasteiger partial charge in [-0.15, -0.1) is 5.10 Å². The van der Waals surface area contributed by atoms with E-state index in [2.05, 4.69) is 33.9 Å². The molecule has 0 spiro atoms. The van der Waals surface area contributed by atoms with Crippen LogP contribution >= 0.6 is 11.5 Å². The quantitative estimate of drug-likeness (QED) is 0.855. The molecule has 0 N–H and O–H groups in total. The van der Waals surface area contributed by atoms with Gasteiger partial charge in [0.2, 0.25) is 0 Å². The molecule has 3 rings (SSSR count). The second kappa shape index (κ2) is 6.35. The predicted molar refractivity (Wildman–Crippen MR) is 83.6 cm³/mol. The SMILES string of the molecule is Cc1nnsc1C(=O)N1CCCCC(c2ccccc2)C1. The minimum absolute atomic E-state index is 0.0883. The first-order valence-corrected chi connectivity index (χ1v) is 8.16. The Kier molecular flexibility index (Phi) is 4.29. The summed E-state index contributed by atoms with van der Waals surface area (Å²) in [6, 6.07) is 10.5. The third-order valence-corrected chi connectivity index (χ3v) is 4.89. The number of rotatable bonds is 2. The van der Waals surface area contributed by atoms with Gasteiger partial charge in [0.25, 0.3) is 5.91 Å². The molecule has 0 saturated carbocycles. The normalized spacial score (nSPS) is 19.3. The highest BCUT2D eigenvalue weighted by molar-refractivity contribution is 7.07. The van der Waals surface area contributed by atoms with Crippen LogP contribution < -0.4 is 0 Å². The van der Waals surface area contributed by atoms with Gasteiger partial charge in [-0.3, -0.25) is 4.79 Å². The number of carbonyl (C=O) groups excluding carboxylic acids is 1. The van der Waals surface area contributed by atoms with Crippen molar-refractivity contribution in [3.05, 3.63) is 46.5 Å². The Hall–Kier alpha value is -1.75. The summed E-state index contributed by atoms with van der Waals surface area (Å²) in [6.45, 7) is 3.48. The molecule has 0 bridgehead atoms. The second-order valence-corrected chi connectivity index (χ2v) is 6.30. The summed E-state index contributed by atoms with van der Waals surface area (Å²) >= 11 is 1.20. The van der Waals surface area contributed by atoms with Crippen molar-refractivity contribution in [2.24, 2.45) is 0 Å². The van der Waals surface area contributed by atoms with Gasteiger partial charge >= 0.3 is 0 Å². The maximum atomic E-state index is 12.7. The fourth-order valence-electron chi connectivity index (χ4n) is 2.90. The fraction of sp³-hybridized carbons (Fsp3) is 0.438. The number of likely N-dealkylation sites (tertiary alicyclic amines) is 1. The minimum Gasteiger partial charge on any atom is -0.337 e. The summed E-state index contributed by atoms with van der Waals surface area (Å²) in [6.07, 6.45) is 3.39. The van der Waals surface area contributed by atoms with E-state index in [0.717, 1.165) is 31.6 Å². The number of amides is 1. The van der Waals surface area contributed by atoms with Gasteiger partial charge in [-0.1, -0.05) is 41.2 Å². The molecular weight excluding hydrogens is 282 g/mol.